The third kappa shape index (κ3) is 1.97. The molecule has 0 unspecified atom stereocenters. The van der Waals surface area contributed by atoms with Gasteiger partial charge in [0.2, 0.25) is 0 Å². The maximum absolute atomic E-state index is 11.0. The third-order valence-corrected chi connectivity index (χ3v) is 1.84. The monoisotopic (exact) mass is 179 g/mol. The molecule has 0 bridgehead atoms. The van der Waals surface area contributed by atoms with Crippen LogP contribution in [0, 0.1) is 0 Å². The van der Waals surface area contributed by atoms with Crippen LogP contribution in [0.4, 0.5) is 5.69 Å². The van der Waals surface area contributed by atoms with E-state index in [0.717, 1.165) is 5.56 Å². The fourth-order valence-corrected chi connectivity index (χ4v) is 1.28. The lowest BCUT2D eigenvalue weighted by atomic mass is 10.0. The van der Waals surface area contributed by atoms with Crippen molar-refractivity contribution in [3.63, 3.8) is 0 Å². The van der Waals surface area contributed by atoms with Crippen molar-refractivity contribution in [3.8, 4) is 0 Å². The molecule has 0 saturated heterocycles. The summed E-state index contributed by atoms with van der Waals surface area (Å²) in [6, 6.07) is 5.25. The Morgan fingerprint density at radius 2 is 2.08 bits per heavy atom. The fourth-order valence-electron chi connectivity index (χ4n) is 1.28. The van der Waals surface area contributed by atoms with Crippen molar-refractivity contribution in [3.05, 3.63) is 29.3 Å². The molecule has 4 nitrogen and oxygen atoms in total. The Labute approximate surface area is 76.7 Å². The van der Waals surface area contributed by atoms with Gasteiger partial charge in [0.15, 0.2) is 0 Å². The van der Waals surface area contributed by atoms with Crippen molar-refractivity contribution in [2.24, 2.45) is 11.5 Å². The Balaban J connectivity index is 3.17. The molecule has 0 aliphatic heterocycles. The van der Waals surface area contributed by atoms with Crippen LogP contribution in [-0.2, 0) is 6.42 Å². The highest BCUT2D eigenvalue weighted by atomic mass is 16.1. The van der Waals surface area contributed by atoms with E-state index in [2.05, 4.69) is 0 Å². The second kappa shape index (κ2) is 3.91. The van der Waals surface area contributed by atoms with Gasteiger partial charge in [-0.3, -0.25) is 4.79 Å². The molecule has 1 aromatic rings. The summed E-state index contributed by atoms with van der Waals surface area (Å²) in [6.45, 7) is 0.476. The molecule has 0 aliphatic carbocycles. The van der Waals surface area contributed by atoms with Gasteiger partial charge in [0.05, 0.1) is 5.56 Å². The highest BCUT2D eigenvalue weighted by Gasteiger charge is 2.10. The summed E-state index contributed by atoms with van der Waals surface area (Å²) < 4.78 is 0. The number of amides is 1. The van der Waals surface area contributed by atoms with Crippen LogP contribution in [0.15, 0.2) is 18.2 Å². The Kier molecular flexibility index (Phi) is 2.87. The molecule has 0 heterocycles. The molecule has 70 valence electrons. The van der Waals surface area contributed by atoms with Crippen molar-refractivity contribution < 1.29 is 4.79 Å². The highest BCUT2D eigenvalue weighted by Crippen LogP contribution is 2.16. The number of carbonyl (C=O) groups is 1. The molecule has 0 aromatic heterocycles. The number of benzene rings is 1. The van der Waals surface area contributed by atoms with Gasteiger partial charge in [-0.25, -0.2) is 0 Å². The number of primary amides is 1. The molecule has 13 heavy (non-hydrogen) atoms. The zero-order valence-corrected chi connectivity index (χ0v) is 7.29. The van der Waals surface area contributed by atoms with Crippen LogP contribution >= 0.6 is 0 Å². The first-order valence-corrected chi connectivity index (χ1v) is 4.04. The van der Waals surface area contributed by atoms with Crippen LogP contribution in [0.5, 0.6) is 0 Å². The van der Waals surface area contributed by atoms with Crippen molar-refractivity contribution in [1.82, 2.24) is 0 Å². The minimum atomic E-state index is -0.499. The largest absolute Gasteiger partial charge is 0.398 e. The molecular weight excluding hydrogens is 166 g/mol. The van der Waals surface area contributed by atoms with Gasteiger partial charge in [0, 0.05) is 5.69 Å². The molecule has 1 rings (SSSR count). The van der Waals surface area contributed by atoms with Crippen molar-refractivity contribution in [2.75, 3.05) is 12.3 Å². The van der Waals surface area contributed by atoms with E-state index >= 15 is 0 Å². The first kappa shape index (κ1) is 9.54. The SMILES string of the molecule is NCCc1cccc(N)c1C(N)=O. The van der Waals surface area contributed by atoms with Gasteiger partial charge in [-0.15, -0.1) is 0 Å². The van der Waals surface area contributed by atoms with Crippen LogP contribution in [0.2, 0.25) is 0 Å². The lowest BCUT2D eigenvalue weighted by molar-refractivity contribution is 0.100. The van der Waals surface area contributed by atoms with Gasteiger partial charge in [-0.05, 0) is 24.6 Å². The van der Waals surface area contributed by atoms with Crippen LogP contribution in [0.3, 0.4) is 0 Å². The van der Waals surface area contributed by atoms with Crippen molar-refractivity contribution >= 4 is 11.6 Å². The van der Waals surface area contributed by atoms with Gasteiger partial charge in [-0.2, -0.15) is 0 Å². The smallest absolute Gasteiger partial charge is 0.251 e. The van der Waals surface area contributed by atoms with Crippen LogP contribution < -0.4 is 17.2 Å². The standard InChI is InChI=1S/C9H13N3O/c10-5-4-6-2-1-3-7(11)8(6)9(12)13/h1-3H,4-5,10-11H2,(H2,12,13). The first-order chi connectivity index (χ1) is 6.16. The van der Waals surface area contributed by atoms with E-state index in [9.17, 15) is 4.79 Å². The van der Waals surface area contributed by atoms with E-state index in [-0.39, 0.29) is 0 Å². The molecule has 0 radical (unpaired) electrons. The first-order valence-electron chi connectivity index (χ1n) is 4.04. The maximum atomic E-state index is 11.0. The number of nitrogens with two attached hydrogens (primary N) is 3. The minimum absolute atomic E-state index is 0.396. The highest BCUT2D eigenvalue weighted by molar-refractivity contribution is 5.99. The number of carbonyl (C=O) groups excluding carboxylic acids is 1. The van der Waals surface area contributed by atoms with E-state index in [4.69, 9.17) is 17.2 Å². The molecule has 1 aromatic carbocycles. The van der Waals surface area contributed by atoms with E-state index in [1.54, 1.807) is 12.1 Å². The van der Waals surface area contributed by atoms with Crippen molar-refractivity contribution in [2.45, 2.75) is 6.42 Å². The van der Waals surface area contributed by atoms with Crippen LogP contribution in [-0.4, -0.2) is 12.5 Å². The predicted molar refractivity (Wildman–Crippen MR) is 52.1 cm³/mol. The fraction of sp³-hybridized carbons (Fsp3) is 0.222. The summed E-state index contributed by atoms with van der Waals surface area (Å²) in [5.74, 6) is -0.499. The lowest BCUT2D eigenvalue weighted by Gasteiger charge is -2.07. The summed E-state index contributed by atoms with van der Waals surface area (Å²) in [5, 5.41) is 0. The maximum Gasteiger partial charge on any atom is 0.251 e. The molecule has 1 amide bonds. The lowest BCUT2D eigenvalue weighted by Crippen LogP contribution is -2.17. The van der Waals surface area contributed by atoms with Crippen LogP contribution in [0.25, 0.3) is 0 Å². The van der Waals surface area contributed by atoms with E-state index in [1.807, 2.05) is 6.07 Å². The molecule has 0 fully saturated rings. The second-order valence-electron chi connectivity index (χ2n) is 2.78. The van der Waals surface area contributed by atoms with E-state index in [1.165, 1.54) is 0 Å². The average molecular weight is 179 g/mol. The topological polar surface area (TPSA) is 95.1 Å². The summed E-state index contributed by atoms with van der Waals surface area (Å²) in [5.41, 5.74) is 17.8. The zero-order chi connectivity index (χ0) is 9.84. The Bertz CT molecular complexity index is 323. The van der Waals surface area contributed by atoms with Gasteiger partial charge < -0.3 is 17.2 Å². The predicted octanol–water partition coefficient (Wildman–Crippen LogP) is -0.131. The Morgan fingerprint density at radius 3 is 2.62 bits per heavy atom. The molecule has 6 N–H and O–H groups in total. The van der Waals surface area contributed by atoms with E-state index < -0.39 is 5.91 Å². The summed E-state index contributed by atoms with van der Waals surface area (Å²) in [4.78, 5) is 11.0. The summed E-state index contributed by atoms with van der Waals surface area (Å²) >= 11 is 0. The second-order valence-corrected chi connectivity index (χ2v) is 2.78. The Morgan fingerprint density at radius 1 is 1.38 bits per heavy atom. The normalized spacial score (nSPS) is 9.92. The molecule has 0 atom stereocenters. The number of rotatable bonds is 3. The van der Waals surface area contributed by atoms with Crippen LogP contribution in [0.1, 0.15) is 15.9 Å². The molecular formula is C9H13N3O. The summed E-state index contributed by atoms with van der Waals surface area (Å²) in [6.07, 6.45) is 0.614. The molecule has 0 saturated carbocycles. The van der Waals surface area contributed by atoms with E-state index in [0.29, 0.717) is 24.2 Å². The zero-order valence-electron chi connectivity index (χ0n) is 7.29. The molecule has 4 heteroatoms. The number of hydrogen-bond acceptors (Lipinski definition) is 3. The number of anilines is 1. The summed E-state index contributed by atoms with van der Waals surface area (Å²) in [7, 11) is 0. The quantitative estimate of drug-likeness (QED) is 0.564. The average Bonchev–Trinajstić information content (AvgIpc) is 2.04. The molecule has 0 spiro atoms. The van der Waals surface area contributed by atoms with Gasteiger partial charge in [-0.1, -0.05) is 12.1 Å². The van der Waals surface area contributed by atoms with Crippen molar-refractivity contribution in [1.29, 1.82) is 0 Å². The van der Waals surface area contributed by atoms with Gasteiger partial charge >= 0.3 is 0 Å². The minimum Gasteiger partial charge on any atom is -0.398 e. The Hall–Kier alpha value is -1.55. The number of hydrogen-bond donors (Lipinski definition) is 3. The number of nitrogen functional groups attached to an aromatic ring is 1. The molecule has 0 aliphatic rings. The van der Waals surface area contributed by atoms with Gasteiger partial charge in [0.1, 0.15) is 0 Å². The van der Waals surface area contributed by atoms with Gasteiger partial charge in [0.25, 0.3) is 5.91 Å². The third-order valence-electron chi connectivity index (χ3n) is 1.84.